The molecule has 0 amide bonds. The van der Waals surface area contributed by atoms with Crippen molar-refractivity contribution >= 4 is 28.3 Å². The maximum atomic E-state index is 13.5. The number of hydrogen-bond acceptors (Lipinski definition) is 5. The molecule has 0 aliphatic carbocycles. The van der Waals surface area contributed by atoms with E-state index >= 15 is 0 Å². The SMILES string of the molecule is CCc1nn2c(nnc3c(=O)n(-c4ccc(F)c(Cl)c4)ccc32)c1-c1ccc(OC)cc1. The number of rotatable bonds is 4. The van der Waals surface area contributed by atoms with Crippen LogP contribution in [-0.2, 0) is 6.42 Å². The summed E-state index contributed by atoms with van der Waals surface area (Å²) < 4.78 is 21.8. The van der Waals surface area contributed by atoms with E-state index in [1.165, 1.54) is 22.8 Å². The van der Waals surface area contributed by atoms with Gasteiger partial charge in [0.25, 0.3) is 5.56 Å². The normalized spacial score (nSPS) is 11.4. The number of nitrogens with zero attached hydrogens (tertiary/aromatic N) is 5. The van der Waals surface area contributed by atoms with Crippen molar-refractivity contribution in [2.45, 2.75) is 13.3 Å². The highest BCUT2D eigenvalue weighted by molar-refractivity contribution is 6.30. The van der Waals surface area contributed by atoms with E-state index in [1.807, 2.05) is 31.2 Å². The molecule has 0 aliphatic rings. The highest BCUT2D eigenvalue weighted by Gasteiger charge is 2.19. The smallest absolute Gasteiger partial charge is 0.285 e. The van der Waals surface area contributed by atoms with Gasteiger partial charge in [-0.1, -0.05) is 30.7 Å². The van der Waals surface area contributed by atoms with E-state index in [1.54, 1.807) is 23.9 Å². The van der Waals surface area contributed by atoms with Gasteiger partial charge in [0.05, 0.1) is 29.1 Å². The van der Waals surface area contributed by atoms with E-state index in [-0.39, 0.29) is 10.5 Å². The molecule has 5 rings (SSSR count). The number of benzene rings is 2. The Labute approximate surface area is 186 Å². The van der Waals surface area contributed by atoms with E-state index in [2.05, 4.69) is 10.2 Å². The Bertz CT molecular complexity index is 1540. The Hall–Kier alpha value is -3.78. The zero-order valence-electron chi connectivity index (χ0n) is 17.2. The maximum Gasteiger partial charge on any atom is 0.285 e. The van der Waals surface area contributed by atoms with Crippen molar-refractivity contribution in [2.24, 2.45) is 0 Å². The summed E-state index contributed by atoms with van der Waals surface area (Å²) in [4.78, 5) is 13.1. The van der Waals surface area contributed by atoms with Gasteiger partial charge in [0, 0.05) is 6.20 Å². The van der Waals surface area contributed by atoms with Crippen LogP contribution in [0.5, 0.6) is 5.75 Å². The number of aromatic nitrogens is 5. The molecule has 3 heterocycles. The van der Waals surface area contributed by atoms with Crippen LogP contribution in [0.3, 0.4) is 0 Å². The first-order valence-corrected chi connectivity index (χ1v) is 10.3. The summed E-state index contributed by atoms with van der Waals surface area (Å²) in [5, 5.41) is 13.2. The molecule has 0 fully saturated rings. The minimum absolute atomic E-state index is 0.0696. The molecular weight excluding hydrogens is 433 g/mol. The quantitative estimate of drug-likeness (QED) is 0.405. The van der Waals surface area contributed by atoms with E-state index in [0.717, 1.165) is 22.6 Å². The number of aryl methyl sites for hydroxylation is 1. The van der Waals surface area contributed by atoms with E-state index < -0.39 is 11.4 Å². The third kappa shape index (κ3) is 3.11. The van der Waals surface area contributed by atoms with Gasteiger partial charge in [0.15, 0.2) is 11.2 Å². The van der Waals surface area contributed by atoms with Crippen LogP contribution in [0, 0.1) is 5.82 Å². The molecule has 32 heavy (non-hydrogen) atoms. The zero-order chi connectivity index (χ0) is 22.4. The van der Waals surface area contributed by atoms with Gasteiger partial charge in [0.1, 0.15) is 17.1 Å². The predicted octanol–water partition coefficient (Wildman–Crippen LogP) is 4.46. The van der Waals surface area contributed by atoms with Gasteiger partial charge >= 0.3 is 0 Å². The third-order valence-corrected chi connectivity index (χ3v) is 5.64. The molecule has 0 unspecified atom stereocenters. The number of halogens is 2. The Morgan fingerprint density at radius 3 is 2.56 bits per heavy atom. The molecule has 0 spiro atoms. The van der Waals surface area contributed by atoms with Crippen molar-refractivity contribution < 1.29 is 9.13 Å². The van der Waals surface area contributed by atoms with Crippen LogP contribution in [0.25, 0.3) is 33.5 Å². The first-order valence-electron chi connectivity index (χ1n) is 9.91. The van der Waals surface area contributed by atoms with Crippen molar-refractivity contribution in [2.75, 3.05) is 7.11 Å². The number of hydrogen-bond donors (Lipinski definition) is 0. The first-order chi connectivity index (χ1) is 15.5. The molecule has 0 radical (unpaired) electrons. The van der Waals surface area contributed by atoms with Crippen molar-refractivity contribution in [3.63, 3.8) is 0 Å². The van der Waals surface area contributed by atoms with Gasteiger partial charge in [0.2, 0.25) is 0 Å². The molecule has 0 atom stereocenters. The van der Waals surface area contributed by atoms with Crippen LogP contribution in [0.1, 0.15) is 12.6 Å². The molecule has 0 saturated carbocycles. The Balaban J connectivity index is 1.73. The lowest BCUT2D eigenvalue weighted by Crippen LogP contribution is -2.20. The van der Waals surface area contributed by atoms with Crippen LogP contribution in [0.4, 0.5) is 4.39 Å². The molecular formula is C23H17ClFN5O2. The Morgan fingerprint density at radius 1 is 1.09 bits per heavy atom. The molecule has 0 saturated heterocycles. The highest BCUT2D eigenvalue weighted by atomic mass is 35.5. The van der Waals surface area contributed by atoms with Crippen LogP contribution in [-0.4, -0.2) is 31.5 Å². The second kappa shape index (κ2) is 7.72. The lowest BCUT2D eigenvalue weighted by Gasteiger charge is -2.08. The zero-order valence-corrected chi connectivity index (χ0v) is 18.0. The fourth-order valence-corrected chi connectivity index (χ4v) is 3.90. The van der Waals surface area contributed by atoms with Gasteiger partial charge in [-0.3, -0.25) is 9.36 Å². The Morgan fingerprint density at radius 2 is 1.88 bits per heavy atom. The van der Waals surface area contributed by atoms with Crippen LogP contribution < -0.4 is 10.3 Å². The fraction of sp³-hybridized carbons (Fsp3) is 0.130. The second-order valence-corrected chi connectivity index (χ2v) is 7.57. The average Bonchev–Trinajstić information content (AvgIpc) is 3.20. The van der Waals surface area contributed by atoms with Gasteiger partial charge in [-0.05, 0) is 48.4 Å². The highest BCUT2D eigenvalue weighted by Crippen LogP contribution is 2.30. The molecule has 2 aromatic carbocycles. The molecule has 0 N–H and O–H groups in total. The Kier molecular flexibility index (Phi) is 4.86. The van der Waals surface area contributed by atoms with Gasteiger partial charge < -0.3 is 4.74 Å². The molecule has 7 nitrogen and oxygen atoms in total. The van der Waals surface area contributed by atoms with Crippen LogP contribution in [0.2, 0.25) is 5.02 Å². The van der Waals surface area contributed by atoms with Crippen LogP contribution >= 0.6 is 11.6 Å². The van der Waals surface area contributed by atoms with E-state index in [0.29, 0.717) is 23.3 Å². The van der Waals surface area contributed by atoms with Gasteiger partial charge in [-0.2, -0.15) is 5.10 Å². The van der Waals surface area contributed by atoms with Gasteiger partial charge in [-0.15, -0.1) is 10.2 Å². The average molecular weight is 450 g/mol. The molecule has 0 aliphatic heterocycles. The standard InChI is InChI=1S/C23H17ClFN5O2/c1-3-18-20(13-4-7-15(32-2)8-5-13)22-27-26-21-19(30(22)28-18)10-11-29(23(21)31)14-6-9-17(25)16(24)12-14/h4-12H,3H2,1-2H3. The summed E-state index contributed by atoms with van der Waals surface area (Å²) >= 11 is 5.89. The lowest BCUT2D eigenvalue weighted by molar-refractivity contribution is 0.415. The summed E-state index contributed by atoms with van der Waals surface area (Å²) in [6.45, 7) is 2.01. The predicted molar refractivity (Wildman–Crippen MR) is 120 cm³/mol. The fourth-order valence-electron chi connectivity index (χ4n) is 3.73. The monoisotopic (exact) mass is 449 g/mol. The van der Waals surface area contributed by atoms with Crippen molar-refractivity contribution in [1.82, 2.24) is 24.4 Å². The largest absolute Gasteiger partial charge is 0.497 e. The molecule has 9 heteroatoms. The number of fused-ring (bicyclic) bond motifs is 3. The lowest BCUT2D eigenvalue weighted by atomic mass is 10.0. The van der Waals surface area contributed by atoms with Crippen LogP contribution in [0.15, 0.2) is 59.5 Å². The molecule has 160 valence electrons. The third-order valence-electron chi connectivity index (χ3n) is 5.35. The maximum absolute atomic E-state index is 13.5. The van der Waals surface area contributed by atoms with Crippen molar-refractivity contribution in [1.29, 1.82) is 0 Å². The minimum atomic E-state index is -0.555. The second-order valence-electron chi connectivity index (χ2n) is 7.16. The molecule has 5 aromatic rings. The number of pyridine rings is 1. The first kappa shape index (κ1) is 20.1. The molecule has 0 bridgehead atoms. The summed E-state index contributed by atoms with van der Waals surface area (Å²) in [6.07, 6.45) is 2.27. The summed E-state index contributed by atoms with van der Waals surface area (Å²) in [6, 6.07) is 13.4. The number of methoxy groups -OCH3 is 1. The minimum Gasteiger partial charge on any atom is -0.497 e. The molecule has 3 aromatic heterocycles. The van der Waals surface area contributed by atoms with Gasteiger partial charge in [-0.25, -0.2) is 8.91 Å². The summed E-state index contributed by atoms with van der Waals surface area (Å²) in [7, 11) is 1.62. The van der Waals surface area contributed by atoms with E-state index in [9.17, 15) is 9.18 Å². The summed E-state index contributed by atoms with van der Waals surface area (Å²) in [5.41, 5.74) is 3.89. The number of ether oxygens (including phenoxy) is 1. The summed E-state index contributed by atoms with van der Waals surface area (Å²) in [5.74, 6) is 0.196. The van der Waals surface area contributed by atoms with E-state index in [4.69, 9.17) is 21.4 Å². The van der Waals surface area contributed by atoms with Crippen molar-refractivity contribution in [3.05, 3.63) is 81.6 Å². The van der Waals surface area contributed by atoms with Crippen molar-refractivity contribution in [3.8, 4) is 22.6 Å². The topological polar surface area (TPSA) is 74.3 Å².